The molecule has 0 saturated carbocycles. The molecule has 1 aromatic carbocycles. The molecule has 1 fully saturated rings. The smallest absolute Gasteiger partial charge is 0.308 e. The fourth-order valence-electron chi connectivity index (χ4n) is 3.12. The maximum Gasteiger partial charge on any atom is 0.308 e. The van der Waals surface area contributed by atoms with E-state index in [2.05, 4.69) is 20.5 Å². The van der Waals surface area contributed by atoms with Gasteiger partial charge >= 0.3 is 5.97 Å². The van der Waals surface area contributed by atoms with Crippen LogP contribution in [0.2, 0.25) is 0 Å². The number of aliphatic imine (C=N–C) groups is 1. The fourth-order valence-corrected chi connectivity index (χ4v) is 3.12. The number of primary amides is 1. The van der Waals surface area contributed by atoms with Gasteiger partial charge in [-0.05, 0) is 37.5 Å². The minimum absolute atomic E-state index is 0.0487. The van der Waals surface area contributed by atoms with Crippen LogP contribution < -0.4 is 16.4 Å². The van der Waals surface area contributed by atoms with Crippen molar-refractivity contribution < 1.29 is 19.1 Å². The molecule has 9 nitrogen and oxygen atoms in total. The van der Waals surface area contributed by atoms with Crippen molar-refractivity contribution in [3.63, 3.8) is 0 Å². The van der Waals surface area contributed by atoms with E-state index in [1.807, 2.05) is 19.1 Å². The highest BCUT2D eigenvalue weighted by molar-refractivity contribution is 5.96. The Balaban J connectivity index is 1.95. The second kappa shape index (κ2) is 11.0. The van der Waals surface area contributed by atoms with Gasteiger partial charge in [0.05, 0.1) is 26.1 Å². The molecule has 1 saturated heterocycles. The Bertz CT molecular complexity index is 740. The van der Waals surface area contributed by atoms with Crippen molar-refractivity contribution in [3.05, 3.63) is 35.4 Å². The number of amides is 2. The summed E-state index contributed by atoms with van der Waals surface area (Å²) in [6.07, 6.45) is 1.48. The Morgan fingerprint density at radius 1 is 1.17 bits per heavy atom. The predicted octanol–water partition coefficient (Wildman–Crippen LogP) is 0.252. The lowest BCUT2D eigenvalue weighted by atomic mass is 9.97. The summed E-state index contributed by atoms with van der Waals surface area (Å²) in [5.74, 6) is -0.324. The molecule has 0 unspecified atom stereocenters. The maximum atomic E-state index is 11.9. The maximum absolute atomic E-state index is 11.9. The highest BCUT2D eigenvalue weighted by Crippen LogP contribution is 2.18. The molecule has 9 heteroatoms. The van der Waals surface area contributed by atoms with Gasteiger partial charge in [0.15, 0.2) is 5.96 Å². The molecule has 158 valence electrons. The molecule has 0 atom stereocenters. The molecular weight excluding hydrogens is 374 g/mol. The van der Waals surface area contributed by atoms with Gasteiger partial charge < -0.3 is 26.0 Å². The van der Waals surface area contributed by atoms with Crippen molar-refractivity contribution in [2.45, 2.75) is 26.3 Å². The lowest BCUT2D eigenvalue weighted by Crippen LogP contribution is -2.46. The van der Waals surface area contributed by atoms with Crippen molar-refractivity contribution in [1.29, 1.82) is 0 Å². The number of carbonyl (C=O) groups is 3. The number of guanidine groups is 1. The third-order valence-corrected chi connectivity index (χ3v) is 4.71. The summed E-state index contributed by atoms with van der Waals surface area (Å²) in [7, 11) is 1.42. The molecule has 0 spiro atoms. The van der Waals surface area contributed by atoms with Gasteiger partial charge in [0.25, 0.3) is 5.91 Å². The van der Waals surface area contributed by atoms with E-state index in [0.717, 1.165) is 44.0 Å². The Morgan fingerprint density at radius 2 is 1.83 bits per heavy atom. The normalized spacial score (nSPS) is 15.0. The molecular formula is C20H29N5O4. The minimum atomic E-state index is -0.587. The van der Waals surface area contributed by atoms with Crippen LogP contribution in [0.4, 0.5) is 0 Å². The largest absolute Gasteiger partial charge is 0.469 e. The topological polar surface area (TPSA) is 126 Å². The zero-order valence-corrected chi connectivity index (χ0v) is 16.9. The molecule has 1 aliphatic heterocycles. The zero-order valence-electron chi connectivity index (χ0n) is 16.9. The second-order valence-corrected chi connectivity index (χ2v) is 6.80. The Hall–Kier alpha value is -3.10. The molecule has 1 heterocycles. The Labute approximate surface area is 170 Å². The highest BCUT2D eigenvalue weighted by atomic mass is 16.5. The first kappa shape index (κ1) is 22.2. The number of nitrogens with two attached hydrogens (primary N) is 1. The number of carbonyl (C=O) groups excluding carboxylic acids is 3. The van der Waals surface area contributed by atoms with Crippen LogP contribution in [-0.2, 0) is 20.9 Å². The van der Waals surface area contributed by atoms with Crippen LogP contribution in [0.3, 0.4) is 0 Å². The molecule has 0 aromatic heterocycles. The number of benzene rings is 1. The van der Waals surface area contributed by atoms with Gasteiger partial charge in [0.1, 0.15) is 0 Å². The molecule has 1 aromatic rings. The number of nitrogens with zero attached hydrogens (tertiary/aromatic N) is 2. The number of ether oxygens (including phenoxy) is 1. The summed E-state index contributed by atoms with van der Waals surface area (Å²) in [4.78, 5) is 41.2. The molecule has 2 amide bonds. The number of piperidine rings is 1. The van der Waals surface area contributed by atoms with E-state index >= 15 is 0 Å². The third-order valence-electron chi connectivity index (χ3n) is 4.71. The van der Waals surface area contributed by atoms with Crippen LogP contribution in [0.5, 0.6) is 0 Å². The number of hydrogen-bond donors (Lipinski definition) is 3. The van der Waals surface area contributed by atoms with Crippen molar-refractivity contribution in [1.82, 2.24) is 15.5 Å². The quantitative estimate of drug-likeness (QED) is 0.340. The Kier molecular flexibility index (Phi) is 8.45. The standard InChI is InChI=1S/C20H29N5O4/c1-3-22-20(25-10-8-16(9-11-25)19(28)29-2)24-12-14-4-6-15(7-5-14)18(27)23-13-17(21)26/h4-7,16H,3,8-13H2,1-2H3,(H2,21,26)(H,22,24)(H,23,27). The SMILES string of the molecule is CCNC(=NCc1ccc(C(=O)NCC(N)=O)cc1)N1CCC(C(=O)OC)CC1. The first-order valence-corrected chi connectivity index (χ1v) is 9.71. The number of hydrogen-bond acceptors (Lipinski definition) is 5. The van der Waals surface area contributed by atoms with Crippen molar-refractivity contribution in [2.24, 2.45) is 16.6 Å². The van der Waals surface area contributed by atoms with Crippen LogP contribution in [0.25, 0.3) is 0 Å². The lowest BCUT2D eigenvalue weighted by molar-refractivity contribution is -0.146. The van der Waals surface area contributed by atoms with Gasteiger partial charge in [-0.25, -0.2) is 4.99 Å². The van der Waals surface area contributed by atoms with Crippen LogP contribution in [0.1, 0.15) is 35.7 Å². The predicted molar refractivity (Wildman–Crippen MR) is 109 cm³/mol. The minimum Gasteiger partial charge on any atom is -0.469 e. The third kappa shape index (κ3) is 6.78. The van der Waals surface area contributed by atoms with Crippen LogP contribution >= 0.6 is 0 Å². The van der Waals surface area contributed by atoms with Gasteiger partial charge in [-0.2, -0.15) is 0 Å². The first-order valence-electron chi connectivity index (χ1n) is 9.71. The summed E-state index contributed by atoms with van der Waals surface area (Å²) in [5, 5.41) is 5.74. The molecule has 4 N–H and O–H groups in total. The van der Waals surface area contributed by atoms with E-state index in [1.54, 1.807) is 12.1 Å². The summed E-state index contributed by atoms with van der Waals surface area (Å²) >= 11 is 0. The van der Waals surface area contributed by atoms with E-state index < -0.39 is 5.91 Å². The van der Waals surface area contributed by atoms with Crippen LogP contribution in [0.15, 0.2) is 29.3 Å². The van der Waals surface area contributed by atoms with Gasteiger partial charge in [-0.1, -0.05) is 12.1 Å². The number of esters is 1. The number of nitrogens with one attached hydrogen (secondary N) is 2. The molecule has 0 aliphatic carbocycles. The summed E-state index contributed by atoms with van der Waals surface area (Å²) < 4.78 is 4.84. The number of rotatable bonds is 7. The van der Waals surface area contributed by atoms with Gasteiger partial charge in [-0.3, -0.25) is 14.4 Å². The molecule has 1 aliphatic rings. The van der Waals surface area contributed by atoms with E-state index in [-0.39, 0.29) is 24.3 Å². The van der Waals surface area contributed by atoms with E-state index in [0.29, 0.717) is 12.1 Å². The Morgan fingerprint density at radius 3 is 2.38 bits per heavy atom. The van der Waals surface area contributed by atoms with E-state index in [9.17, 15) is 14.4 Å². The van der Waals surface area contributed by atoms with Crippen molar-refractivity contribution >= 4 is 23.7 Å². The zero-order chi connectivity index (χ0) is 21.2. The van der Waals surface area contributed by atoms with Crippen molar-refractivity contribution in [3.8, 4) is 0 Å². The summed E-state index contributed by atoms with van der Waals surface area (Å²) in [6.45, 7) is 4.51. The fraction of sp³-hybridized carbons (Fsp3) is 0.500. The molecule has 29 heavy (non-hydrogen) atoms. The van der Waals surface area contributed by atoms with Crippen molar-refractivity contribution in [2.75, 3.05) is 33.3 Å². The number of likely N-dealkylation sites (tertiary alicyclic amines) is 1. The van der Waals surface area contributed by atoms with E-state index in [4.69, 9.17) is 10.5 Å². The number of methoxy groups -OCH3 is 1. The first-order chi connectivity index (χ1) is 13.9. The molecule has 0 radical (unpaired) electrons. The molecule has 0 bridgehead atoms. The average Bonchev–Trinajstić information content (AvgIpc) is 2.74. The summed E-state index contributed by atoms with van der Waals surface area (Å²) in [6, 6.07) is 7.04. The van der Waals surface area contributed by atoms with E-state index in [1.165, 1.54) is 7.11 Å². The monoisotopic (exact) mass is 403 g/mol. The lowest BCUT2D eigenvalue weighted by Gasteiger charge is -2.33. The summed E-state index contributed by atoms with van der Waals surface area (Å²) in [5.41, 5.74) is 6.43. The highest BCUT2D eigenvalue weighted by Gasteiger charge is 2.26. The second-order valence-electron chi connectivity index (χ2n) is 6.80. The van der Waals surface area contributed by atoms with Crippen LogP contribution in [-0.4, -0.2) is 61.9 Å². The average molecular weight is 403 g/mol. The van der Waals surface area contributed by atoms with Gasteiger partial charge in [0.2, 0.25) is 5.91 Å². The van der Waals surface area contributed by atoms with Gasteiger partial charge in [-0.15, -0.1) is 0 Å². The van der Waals surface area contributed by atoms with Gasteiger partial charge in [0, 0.05) is 25.2 Å². The van der Waals surface area contributed by atoms with Crippen LogP contribution in [0, 0.1) is 5.92 Å². The molecule has 2 rings (SSSR count).